The number of halogens is 2. The fraction of sp³-hybridized carbons (Fsp3) is 0.500. The number of hydrogen-bond acceptors (Lipinski definition) is 3. The fourth-order valence-corrected chi connectivity index (χ4v) is 2.85. The molecule has 19 heavy (non-hydrogen) atoms. The number of rotatable bonds is 7. The fourth-order valence-electron chi connectivity index (χ4n) is 1.62. The summed E-state index contributed by atoms with van der Waals surface area (Å²) in [7, 11) is -2.21. The van der Waals surface area contributed by atoms with Gasteiger partial charge in [0.2, 0.25) is 10.0 Å². The molecule has 1 atom stereocenters. The van der Waals surface area contributed by atoms with Crippen molar-refractivity contribution in [3.63, 3.8) is 0 Å². The molecule has 0 fully saturated rings. The Morgan fingerprint density at radius 1 is 1.37 bits per heavy atom. The Hall–Kier alpha value is -1.05. The highest BCUT2D eigenvalue weighted by Gasteiger charge is 2.21. The first-order chi connectivity index (χ1) is 8.89. The van der Waals surface area contributed by atoms with Crippen molar-refractivity contribution < 1.29 is 21.9 Å². The Morgan fingerprint density at radius 3 is 2.63 bits per heavy atom. The van der Waals surface area contributed by atoms with Gasteiger partial charge in [0.15, 0.2) is 0 Å². The summed E-state index contributed by atoms with van der Waals surface area (Å²) in [5.74, 6) is -1.47. The Balaban J connectivity index is 2.92. The number of hydrogen-bond donors (Lipinski definition) is 1. The van der Waals surface area contributed by atoms with Gasteiger partial charge in [0.1, 0.15) is 11.6 Å². The Labute approximate surface area is 111 Å². The van der Waals surface area contributed by atoms with Gasteiger partial charge in [-0.05, 0) is 24.6 Å². The van der Waals surface area contributed by atoms with Crippen LogP contribution in [0.15, 0.2) is 18.2 Å². The van der Waals surface area contributed by atoms with Crippen LogP contribution >= 0.6 is 0 Å². The molecule has 0 spiro atoms. The predicted molar refractivity (Wildman–Crippen MR) is 68.2 cm³/mol. The average Bonchev–Trinajstić information content (AvgIpc) is 2.37. The van der Waals surface area contributed by atoms with E-state index >= 15 is 0 Å². The lowest BCUT2D eigenvalue weighted by Crippen LogP contribution is -2.32. The molecule has 0 aliphatic heterocycles. The molecule has 0 aliphatic rings. The molecule has 0 saturated heterocycles. The summed E-state index contributed by atoms with van der Waals surface area (Å²) in [6.45, 7) is 1.73. The van der Waals surface area contributed by atoms with Crippen molar-refractivity contribution in [2.24, 2.45) is 0 Å². The van der Waals surface area contributed by atoms with Crippen molar-refractivity contribution in [3.05, 3.63) is 35.4 Å². The van der Waals surface area contributed by atoms with Crippen LogP contribution in [0.3, 0.4) is 0 Å². The summed E-state index contributed by atoms with van der Waals surface area (Å²) >= 11 is 0. The second kappa shape index (κ2) is 6.93. The minimum absolute atomic E-state index is 0.00323. The molecular weight excluding hydrogens is 276 g/mol. The van der Waals surface area contributed by atoms with E-state index in [0.29, 0.717) is 6.42 Å². The number of benzene rings is 1. The molecule has 1 rings (SSSR count). The lowest BCUT2D eigenvalue weighted by Gasteiger charge is -2.18. The zero-order valence-corrected chi connectivity index (χ0v) is 11.6. The van der Waals surface area contributed by atoms with Gasteiger partial charge in [-0.2, -0.15) is 0 Å². The van der Waals surface area contributed by atoms with E-state index in [1.807, 2.05) is 0 Å². The molecule has 0 amide bonds. The third-order valence-corrected chi connectivity index (χ3v) is 3.97. The van der Waals surface area contributed by atoms with Crippen molar-refractivity contribution in [2.75, 3.05) is 19.5 Å². The summed E-state index contributed by atoms with van der Waals surface area (Å²) in [4.78, 5) is 0. The second-order valence-electron chi connectivity index (χ2n) is 4.06. The minimum Gasteiger partial charge on any atom is -0.384 e. The molecule has 1 aromatic rings. The van der Waals surface area contributed by atoms with Crippen LogP contribution in [0.1, 0.15) is 24.9 Å². The highest BCUT2D eigenvalue weighted by molar-refractivity contribution is 7.89. The van der Waals surface area contributed by atoms with Crippen molar-refractivity contribution in [1.29, 1.82) is 0 Å². The predicted octanol–water partition coefficient (Wildman–Crippen LogP) is 1.98. The molecular formula is C12H17F2NO3S. The van der Waals surface area contributed by atoms with E-state index in [1.165, 1.54) is 7.11 Å². The smallest absolute Gasteiger partial charge is 0.214 e. The third kappa shape index (κ3) is 4.85. The van der Waals surface area contributed by atoms with Crippen LogP contribution in [-0.2, 0) is 14.8 Å². The molecule has 0 radical (unpaired) electrons. The van der Waals surface area contributed by atoms with Crippen LogP contribution in [0.25, 0.3) is 0 Å². The van der Waals surface area contributed by atoms with Crippen LogP contribution in [0.5, 0.6) is 0 Å². The van der Waals surface area contributed by atoms with E-state index in [9.17, 15) is 17.2 Å². The first-order valence-corrected chi connectivity index (χ1v) is 7.48. The number of methoxy groups -OCH3 is 1. The van der Waals surface area contributed by atoms with E-state index in [-0.39, 0.29) is 17.9 Å². The largest absolute Gasteiger partial charge is 0.384 e. The van der Waals surface area contributed by atoms with E-state index < -0.39 is 27.7 Å². The van der Waals surface area contributed by atoms with E-state index in [4.69, 9.17) is 0 Å². The maximum Gasteiger partial charge on any atom is 0.214 e. The third-order valence-electron chi connectivity index (χ3n) is 2.62. The highest BCUT2D eigenvalue weighted by Crippen LogP contribution is 2.22. The van der Waals surface area contributed by atoms with E-state index in [0.717, 1.165) is 18.2 Å². The van der Waals surface area contributed by atoms with Crippen molar-refractivity contribution in [3.8, 4) is 0 Å². The molecule has 7 heteroatoms. The Morgan fingerprint density at radius 2 is 2.05 bits per heavy atom. The monoisotopic (exact) mass is 293 g/mol. The SMILES string of the molecule is CC[C@@H](NS(=O)(=O)CCOC)c1cc(F)ccc1F. The second-order valence-corrected chi connectivity index (χ2v) is 5.93. The molecule has 0 aliphatic carbocycles. The van der Waals surface area contributed by atoms with Crippen molar-refractivity contribution in [2.45, 2.75) is 19.4 Å². The summed E-state index contributed by atoms with van der Waals surface area (Å²) in [6, 6.07) is 2.18. The van der Waals surface area contributed by atoms with Gasteiger partial charge in [-0.3, -0.25) is 0 Å². The molecule has 0 aromatic heterocycles. The van der Waals surface area contributed by atoms with Crippen molar-refractivity contribution in [1.82, 2.24) is 4.72 Å². The molecule has 1 aromatic carbocycles. The number of nitrogens with one attached hydrogen (secondary N) is 1. The summed E-state index contributed by atoms with van der Waals surface area (Å²) < 4.78 is 57.2. The van der Waals surface area contributed by atoms with Gasteiger partial charge in [0, 0.05) is 18.7 Å². The summed E-state index contributed by atoms with van der Waals surface area (Å²) in [5, 5.41) is 0. The molecule has 0 unspecified atom stereocenters. The van der Waals surface area contributed by atoms with Crippen LogP contribution in [-0.4, -0.2) is 27.9 Å². The zero-order valence-electron chi connectivity index (χ0n) is 10.8. The van der Waals surface area contributed by atoms with E-state index in [1.54, 1.807) is 6.92 Å². The highest BCUT2D eigenvalue weighted by atomic mass is 32.2. The minimum atomic E-state index is -3.60. The quantitative estimate of drug-likeness (QED) is 0.836. The van der Waals surface area contributed by atoms with E-state index in [2.05, 4.69) is 9.46 Å². The summed E-state index contributed by atoms with van der Waals surface area (Å²) in [6.07, 6.45) is 0.312. The molecule has 0 saturated carbocycles. The van der Waals surface area contributed by atoms with Gasteiger partial charge in [0.25, 0.3) is 0 Å². The standard InChI is InChI=1S/C12H17F2NO3S/c1-3-12(15-19(16,17)7-6-18-2)10-8-9(13)4-5-11(10)14/h4-5,8,12,15H,3,6-7H2,1-2H3/t12-/m1/s1. The van der Waals surface area contributed by atoms with Crippen molar-refractivity contribution >= 4 is 10.0 Å². The topological polar surface area (TPSA) is 55.4 Å². The zero-order chi connectivity index (χ0) is 14.5. The molecule has 4 nitrogen and oxygen atoms in total. The molecule has 0 heterocycles. The average molecular weight is 293 g/mol. The maximum atomic E-state index is 13.6. The van der Waals surface area contributed by atoms with Crippen LogP contribution < -0.4 is 4.72 Å². The number of sulfonamides is 1. The van der Waals surface area contributed by atoms with Gasteiger partial charge in [-0.25, -0.2) is 21.9 Å². The first-order valence-electron chi connectivity index (χ1n) is 5.83. The molecule has 108 valence electrons. The number of ether oxygens (including phenoxy) is 1. The van der Waals surface area contributed by atoms with Gasteiger partial charge in [0.05, 0.1) is 12.4 Å². The van der Waals surface area contributed by atoms with Gasteiger partial charge >= 0.3 is 0 Å². The summed E-state index contributed by atoms with van der Waals surface area (Å²) in [5.41, 5.74) is 0.00323. The molecule has 1 N–H and O–H groups in total. The normalized spacial score (nSPS) is 13.5. The van der Waals surface area contributed by atoms with Crippen LogP contribution in [0.4, 0.5) is 8.78 Å². The molecule has 0 bridgehead atoms. The maximum absolute atomic E-state index is 13.6. The lowest BCUT2D eigenvalue weighted by atomic mass is 10.1. The van der Waals surface area contributed by atoms with Gasteiger partial charge in [-0.1, -0.05) is 6.92 Å². The van der Waals surface area contributed by atoms with Crippen LogP contribution in [0, 0.1) is 11.6 Å². The Kier molecular flexibility index (Phi) is 5.84. The Bertz CT molecular complexity index is 520. The van der Waals surface area contributed by atoms with Crippen LogP contribution in [0.2, 0.25) is 0 Å². The van der Waals surface area contributed by atoms with Gasteiger partial charge < -0.3 is 4.74 Å². The van der Waals surface area contributed by atoms with Gasteiger partial charge in [-0.15, -0.1) is 0 Å². The first kappa shape index (κ1) is 16.0. The lowest BCUT2D eigenvalue weighted by molar-refractivity contribution is 0.216.